The minimum absolute atomic E-state index is 0.0276. The van der Waals surface area contributed by atoms with Crippen LogP contribution in [-0.4, -0.2) is 11.9 Å². The Morgan fingerprint density at radius 3 is 2.03 bits per heavy atom. The van der Waals surface area contributed by atoms with E-state index in [4.69, 9.17) is 0 Å². The van der Waals surface area contributed by atoms with Crippen LogP contribution in [0.3, 0.4) is 0 Å². The van der Waals surface area contributed by atoms with Crippen molar-refractivity contribution in [1.82, 2.24) is 5.32 Å². The first kappa shape index (κ1) is 24.0. The van der Waals surface area contributed by atoms with E-state index in [1.54, 1.807) is 6.20 Å². The fraction of sp³-hybridized carbons (Fsp3) is 0.615. The first-order valence-electron chi connectivity index (χ1n) is 11.7. The van der Waals surface area contributed by atoms with Crippen LogP contribution in [0.4, 0.5) is 5.69 Å². The lowest BCUT2D eigenvalue weighted by Crippen LogP contribution is -2.35. The lowest BCUT2D eigenvalue weighted by atomic mass is 9.86. The summed E-state index contributed by atoms with van der Waals surface area (Å²) in [5.74, 6) is -0.268. The Bertz CT molecular complexity index is 727. The molecule has 0 heterocycles. The van der Waals surface area contributed by atoms with Crippen molar-refractivity contribution in [3.05, 3.63) is 41.6 Å². The molecular weight excluding hydrogens is 370 g/mol. The molecule has 0 saturated heterocycles. The van der Waals surface area contributed by atoms with Gasteiger partial charge < -0.3 is 10.6 Å². The van der Waals surface area contributed by atoms with Crippen molar-refractivity contribution in [1.29, 1.82) is 5.26 Å². The SMILES string of the molecule is CC(C)(C)c1ccccc1N/C=C(/C#N)C(=O)NC1CCCCCCCCCCC1. The van der Waals surface area contributed by atoms with Gasteiger partial charge in [-0.1, -0.05) is 96.8 Å². The number of nitrogens with zero attached hydrogens (tertiary/aromatic N) is 1. The second-order valence-electron chi connectivity index (χ2n) is 9.54. The lowest BCUT2D eigenvalue weighted by molar-refractivity contribution is -0.117. The van der Waals surface area contributed by atoms with E-state index in [1.807, 2.05) is 18.2 Å². The number of amides is 1. The van der Waals surface area contributed by atoms with Crippen molar-refractivity contribution in [2.45, 2.75) is 103 Å². The summed E-state index contributed by atoms with van der Waals surface area (Å²) in [5.41, 5.74) is 2.18. The van der Waals surface area contributed by atoms with Crippen LogP contribution in [0.15, 0.2) is 36.0 Å². The second-order valence-corrected chi connectivity index (χ2v) is 9.54. The van der Waals surface area contributed by atoms with Gasteiger partial charge in [-0.2, -0.15) is 5.26 Å². The zero-order valence-corrected chi connectivity index (χ0v) is 19.1. The van der Waals surface area contributed by atoms with Gasteiger partial charge in [-0.05, 0) is 29.9 Å². The number of carbonyl (C=O) groups is 1. The molecule has 1 fully saturated rings. The molecule has 1 aliphatic rings. The van der Waals surface area contributed by atoms with Crippen LogP contribution in [0.5, 0.6) is 0 Å². The summed E-state index contributed by atoms with van der Waals surface area (Å²) in [6, 6.07) is 10.3. The normalized spacial score (nSPS) is 17.9. The molecule has 4 heteroatoms. The zero-order valence-electron chi connectivity index (χ0n) is 19.1. The molecule has 1 aromatic carbocycles. The second kappa shape index (κ2) is 12.4. The molecule has 2 rings (SSSR count). The number of benzene rings is 1. The van der Waals surface area contributed by atoms with Crippen molar-refractivity contribution >= 4 is 11.6 Å². The maximum atomic E-state index is 12.8. The molecule has 30 heavy (non-hydrogen) atoms. The first-order chi connectivity index (χ1) is 14.4. The third-order valence-corrected chi connectivity index (χ3v) is 5.91. The third-order valence-electron chi connectivity index (χ3n) is 5.91. The molecular formula is C26H39N3O. The quantitative estimate of drug-likeness (QED) is 0.435. The summed E-state index contributed by atoms with van der Waals surface area (Å²) in [7, 11) is 0. The van der Waals surface area contributed by atoms with Crippen LogP contribution >= 0.6 is 0 Å². The molecule has 1 aromatic rings. The first-order valence-corrected chi connectivity index (χ1v) is 11.7. The number of nitrogens with one attached hydrogen (secondary N) is 2. The number of rotatable bonds is 4. The van der Waals surface area contributed by atoms with E-state index in [0.717, 1.165) is 36.9 Å². The van der Waals surface area contributed by atoms with Crippen LogP contribution in [0.1, 0.15) is 97.0 Å². The van der Waals surface area contributed by atoms with Gasteiger partial charge >= 0.3 is 0 Å². The molecule has 1 saturated carbocycles. The predicted octanol–water partition coefficient (Wildman–Crippen LogP) is 6.59. The summed E-state index contributed by atoms with van der Waals surface area (Å²) < 4.78 is 0. The lowest BCUT2D eigenvalue weighted by Gasteiger charge is -2.22. The van der Waals surface area contributed by atoms with Gasteiger partial charge in [-0.25, -0.2) is 0 Å². The smallest absolute Gasteiger partial charge is 0.263 e. The standard InChI is InChI=1S/C26H39N3O/c1-26(2,3)23-17-13-14-18-24(23)28-20-21(19-27)25(30)29-22-15-11-9-7-5-4-6-8-10-12-16-22/h13-14,17-18,20,22,28H,4-12,15-16H2,1-3H3,(H,29,30)/b21-20-. The minimum atomic E-state index is -0.268. The maximum absolute atomic E-state index is 12.8. The molecule has 4 nitrogen and oxygen atoms in total. The molecule has 0 aromatic heterocycles. The van der Waals surface area contributed by atoms with Gasteiger partial charge in [0.1, 0.15) is 11.6 Å². The average molecular weight is 410 g/mol. The van der Waals surface area contributed by atoms with E-state index in [2.05, 4.69) is 43.5 Å². The highest BCUT2D eigenvalue weighted by atomic mass is 16.1. The molecule has 1 aliphatic carbocycles. The van der Waals surface area contributed by atoms with Crippen molar-refractivity contribution < 1.29 is 4.79 Å². The predicted molar refractivity (Wildman–Crippen MR) is 125 cm³/mol. The van der Waals surface area contributed by atoms with Crippen molar-refractivity contribution in [3.63, 3.8) is 0 Å². The van der Waals surface area contributed by atoms with E-state index < -0.39 is 0 Å². The van der Waals surface area contributed by atoms with Crippen LogP contribution in [0.25, 0.3) is 0 Å². The Balaban J connectivity index is 2.01. The number of nitriles is 1. The maximum Gasteiger partial charge on any atom is 0.263 e. The highest BCUT2D eigenvalue weighted by Gasteiger charge is 2.18. The largest absolute Gasteiger partial charge is 0.360 e. The number of hydrogen-bond acceptors (Lipinski definition) is 3. The minimum Gasteiger partial charge on any atom is -0.360 e. The monoisotopic (exact) mass is 409 g/mol. The molecule has 164 valence electrons. The summed E-state index contributed by atoms with van der Waals surface area (Å²) in [6.07, 6.45) is 14.9. The molecule has 0 bridgehead atoms. The average Bonchev–Trinajstić information content (AvgIpc) is 2.70. The molecule has 1 amide bonds. The van der Waals surface area contributed by atoms with Crippen LogP contribution in [0, 0.1) is 11.3 Å². The van der Waals surface area contributed by atoms with Gasteiger partial charge in [0.2, 0.25) is 0 Å². The van der Waals surface area contributed by atoms with E-state index in [-0.39, 0.29) is 22.9 Å². The van der Waals surface area contributed by atoms with Crippen molar-refractivity contribution in [3.8, 4) is 6.07 Å². The number of hydrogen-bond donors (Lipinski definition) is 2. The van der Waals surface area contributed by atoms with E-state index >= 15 is 0 Å². The Morgan fingerprint density at radius 2 is 1.50 bits per heavy atom. The van der Waals surface area contributed by atoms with Crippen molar-refractivity contribution in [2.75, 3.05) is 5.32 Å². The van der Waals surface area contributed by atoms with Gasteiger partial charge in [-0.15, -0.1) is 0 Å². The molecule has 0 spiro atoms. The molecule has 0 atom stereocenters. The summed E-state index contributed by atoms with van der Waals surface area (Å²) in [5, 5.41) is 15.9. The van der Waals surface area contributed by atoms with Gasteiger partial charge in [0, 0.05) is 17.9 Å². The number of para-hydroxylation sites is 1. The number of carbonyl (C=O) groups excluding carboxylic acids is 1. The fourth-order valence-electron chi connectivity index (χ4n) is 4.13. The van der Waals surface area contributed by atoms with Gasteiger partial charge in [-0.3, -0.25) is 4.79 Å². The van der Waals surface area contributed by atoms with Crippen LogP contribution in [0.2, 0.25) is 0 Å². The van der Waals surface area contributed by atoms with Gasteiger partial charge in [0.05, 0.1) is 0 Å². The Morgan fingerprint density at radius 1 is 0.967 bits per heavy atom. The van der Waals surface area contributed by atoms with E-state index in [1.165, 1.54) is 44.9 Å². The van der Waals surface area contributed by atoms with Gasteiger partial charge in [0.25, 0.3) is 5.91 Å². The third kappa shape index (κ3) is 8.22. The summed E-state index contributed by atoms with van der Waals surface area (Å²) >= 11 is 0. The highest BCUT2D eigenvalue weighted by Crippen LogP contribution is 2.29. The van der Waals surface area contributed by atoms with Crippen LogP contribution in [-0.2, 0) is 10.2 Å². The zero-order chi connectivity index (χ0) is 21.8. The molecule has 2 N–H and O–H groups in total. The number of anilines is 1. The highest BCUT2D eigenvalue weighted by molar-refractivity contribution is 5.97. The topological polar surface area (TPSA) is 64.9 Å². The van der Waals surface area contributed by atoms with E-state index in [0.29, 0.717) is 0 Å². The Hall–Kier alpha value is -2.28. The molecule has 0 unspecified atom stereocenters. The molecule has 0 radical (unpaired) electrons. The fourth-order valence-corrected chi connectivity index (χ4v) is 4.13. The van der Waals surface area contributed by atoms with Crippen molar-refractivity contribution in [2.24, 2.45) is 0 Å². The Labute approximate surface area is 183 Å². The summed E-state index contributed by atoms with van der Waals surface area (Å²) in [6.45, 7) is 6.45. The van der Waals surface area contributed by atoms with E-state index in [9.17, 15) is 10.1 Å². The Kier molecular flexibility index (Phi) is 9.94. The van der Waals surface area contributed by atoms with Gasteiger partial charge in [0.15, 0.2) is 0 Å². The van der Waals surface area contributed by atoms with Crippen LogP contribution < -0.4 is 10.6 Å². The molecule has 0 aliphatic heterocycles. The summed E-state index contributed by atoms with van der Waals surface area (Å²) in [4.78, 5) is 12.8.